The van der Waals surface area contributed by atoms with Gasteiger partial charge in [-0.15, -0.1) is 0 Å². The predicted octanol–water partition coefficient (Wildman–Crippen LogP) is 1.08. The van der Waals surface area contributed by atoms with Gasteiger partial charge in [-0.05, 0) is 13.0 Å². The molecule has 0 saturated carbocycles. The molecule has 124 valence electrons. The second-order valence-corrected chi connectivity index (χ2v) is 5.53. The third-order valence-corrected chi connectivity index (χ3v) is 3.61. The Hall–Kier alpha value is -2.29. The van der Waals surface area contributed by atoms with Crippen molar-refractivity contribution in [3.05, 3.63) is 24.0 Å². The highest BCUT2D eigenvalue weighted by Crippen LogP contribution is 2.29. The largest absolute Gasteiger partial charge is 0.462 e. The molecule has 0 unspecified atom stereocenters. The van der Waals surface area contributed by atoms with Gasteiger partial charge in [-0.2, -0.15) is 5.10 Å². The van der Waals surface area contributed by atoms with Gasteiger partial charge in [0.1, 0.15) is 11.4 Å². The molecule has 1 aliphatic rings. The number of nitrogens with zero attached hydrogens (tertiary/aromatic N) is 4. The van der Waals surface area contributed by atoms with E-state index < -0.39 is 24.5 Å². The van der Waals surface area contributed by atoms with Gasteiger partial charge >= 0.3 is 5.97 Å². The summed E-state index contributed by atoms with van der Waals surface area (Å²) in [5.74, 6) is -3.08. The van der Waals surface area contributed by atoms with Crippen LogP contribution in [0.4, 0.5) is 14.6 Å². The minimum Gasteiger partial charge on any atom is -0.462 e. The van der Waals surface area contributed by atoms with Crippen LogP contribution in [0.2, 0.25) is 0 Å². The molecule has 3 rings (SSSR count). The van der Waals surface area contributed by atoms with E-state index in [1.165, 1.54) is 15.6 Å². The number of ether oxygens (including phenoxy) is 1. The van der Waals surface area contributed by atoms with Crippen molar-refractivity contribution in [2.24, 2.45) is 5.73 Å². The first-order chi connectivity index (χ1) is 10.9. The van der Waals surface area contributed by atoms with Crippen LogP contribution in [0.3, 0.4) is 0 Å². The van der Waals surface area contributed by atoms with Crippen molar-refractivity contribution in [1.29, 1.82) is 0 Å². The van der Waals surface area contributed by atoms with E-state index in [1.54, 1.807) is 19.2 Å². The van der Waals surface area contributed by atoms with Crippen molar-refractivity contribution in [2.45, 2.75) is 25.3 Å². The van der Waals surface area contributed by atoms with Gasteiger partial charge in [-0.25, -0.2) is 23.1 Å². The molecule has 3 heterocycles. The molecule has 1 saturated heterocycles. The van der Waals surface area contributed by atoms with Crippen LogP contribution in [0, 0.1) is 0 Å². The van der Waals surface area contributed by atoms with Crippen LogP contribution in [-0.4, -0.2) is 52.2 Å². The van der Waals surface area contributed by atoms with E-state index in [-0.39, 0.29) is 30.8 Å². The lowest BCUT2D eigenvalue weighted by Gasteiger charge is -2.36. The second kappa shape index (κ2) is 5.73. The van der Waals surface area contributed by atoms with Crippen molar-refractivity contribution >= 4 is 17.4 Å². The van der Waals surface area contributed by atoms with E-state index >= 15 is 0 Å². The molecule has 2 aromatic rings. The van der Waals surface area contributed by atoms with Crippen LogP contribution in [0.1, 0.15) is 23.7 Å². The Balaban J connectivity index is 1.96. The third-order valence-electron chi connectivity index (χ3n) is 3.61. The first-order valence-electron chi connectivity index (χ1n) is 7.29. The number of rotatable bonds is 3. The first-order valence-corrected chi connectivity index (χ1v) is 7.29. The maximum atomic E-state index is 13.7. The lowest BCUT2D eigenvalue weighted by Crippen LogP contribution is -2.52. The van der Waals surface area contributed by atoms with Crippen LogP contribution in [-0.2, 0) is 4.74 Å². The number of anilines is 1. The Morgan fingerprint density at radius 1 is 1.57 bits per heavy atom. The summed E-state index contributed by atoms with van der Waals surface area (Å²) in [6.07, 6.45) is 2.58. The van der Waals surface area contributed by atoms with Crippen LogP contribution in [0.15, 0.2) is 18.5 Å². The fraction of sp³-hybridized carbons (Fsp3) is 0.500. The number of piperidine rings is 1. The van der Waals surface area contributed by atoms with Crippen molar-refractivity contribution in [1.82, 2.24) is 14.6 Å². The quantitative estimate of drug-likeness (QED) is 0.850. The lowest BCUT2D eigenvalue weighted by atomic mass is 10.0. The van der Waals surface area contributed by atoms with Crippen molar-refractivity contribution in [3.8, 4) is 0 Å². The van der Waals surface area contributed by atoms with E-state index in [0.29, 0.717) is 5.82 Å². The number of nitrogens with two attached hydrogens (primary N) is 1. The maximum Gasteiger partial charge on any atom is 0.343 e. The molecule has 1 atom stereocenters. The molecule has 9 heteroatoms. The van der Waals surface area contributed by atoms with Gasteiger partial charge in [-0.3, -0.25) is 0 Å². The van der Waals surface area contributed by atoms with Gasteiger partial charge < -0.3 is 15.4 Å². The number of esters is 1. The number of hydrogen-bond donors (Lipinski definition) is 1. The number of hydrogen-bond acceptors (Lipinski definition) is 6. The summed E-state index contributed by atoms with van der Waals surface area (Å²) in [7, 11) is 0. The fourth-order valence-corrected chi connectivity index (χ4v) is 2.70. The number of carbonyl (C=O) groups is 1. The van der Waals surface area contributed by atoms with Gasteiger partial charge in [0, 0.05) is 25.2 Å². The molecule has 0 bridgehead atoms. The fourth-order valence-electron chi connectivity index (χ4n) is 2.70. The van der Waals surface area contributed by atoms with E-state index in [2.05, 4.69) is 10.1 Å². The average molecular weight is 325 g/mol. The molecule has 0 aliphatic carbocycles. The molecule has 2 aromatic heterocycles. The van der Waals surface area contributed by atoms with Gasteiger partial charge in [-0.1, -0.05) is 0 Å². The Morgan fingerprint density at radius 3 is 3.04 bits per heavy atom. The van der Waals surface area contributed by atoms with Gasteiger partial charge in [0.15, 0.2) is 5.65 Å². The van der Waals surface area contributed by atoms with Crippen LogP contribution in [0.25, 0.3) is 5.65 Å². The standard InChI is InChI=1S/C14H17F2N5O2/c1-2-23-13(22)10-6-18-21-4-3-11(19-12(10)21)20-7-9(17)5-14(15,16)8-20/h3-4,6,9H,2,5,7-8,17H2,1H3/t9-/m1/s1. The lowest BCUT2D eigenvalue weighted by molar-refractivity contribution is -0.0174. The van der Waals surface area contributed by atoms with Crippen LogP contribution in [0.5, 0.6) is 0 Å². The molecular formula is C14H17F2N5O2. The highest BCUT2D eigenvalue weighted by atomic mass is 19.3. The normalized spacial score (nSPS) is 20.7. The molecule has 0 amide bonds. The third kappa shape index (κ3) is 3.09. The maximum absolute atomic E-state index is 13.7. The van der Waals surface area contributed by atoms with Gasteiger partial charge in [0.25, 0.3) is 5.92 Å². The number of halogens is 2. The SMILES string of the molecule is CCOC(=O)c1cnn2ccc(N3C[C@H](N)CC(F)(F)C3)nc12. The summed E-state index contributed by atoms with van der Waals surface area (Å²) in [4.78, 5) is 17.6. The Kier molecular flexibility index (Phi) is 3.88. The summed E-state index contributed by atoms with van der Waals surface area (Å²) in [5.41, 5.74) is 6.17. The summed E-state index contributed by atoms with van der Waals surface area (Å²) in [6.45, 7) is 1.75. The number of fused-ring (bicyclic) bond motifs is 1. The summed E-state index contributed by atoms with van der Waals surface area (Å²) in [6, 6.07) is 0.939. The molecule has 1 aliphatic heterocycles. The molecule has 2 N–H and O–H groups in total. The minimum atomic E-state index is -2.87. The van der Waals surface area contributed by atoms with Crippen molar-refractivity contribution < 1.29 is 18.3 Å². The van der Waals surface area contributed by atoms with E-state index in [1.807, 2.05) is 0 Å². The van der Waals surface area contributed by atoms with E-state index in [9.17, 15) is 13.6 Å². The zero-order chi connectivity index (χ0) is 16.6. The molecule has 0 aromatic carbocycles. The Morgan fingerprint density at radius 2 is 2.35 bits per heavy atom. The Labute approximate surface area is 131 Å². The molecule has 0 spiro atoms. The number of carbonyl (C=O) groups excluding carboxylic acids is 1. The molecule has 7 nitrogen and oxygen atoms in total. The van der Waals surface area contributed by atoms with Crippen LogP contribution >= 0.6 is 0 Å². The van der Waals surface area contributed by atoms with E-state index in [0.717, 1.165) is 0 Å². The second-order valence-electron chi connectivity index (χ2n) is 5.53. The summed E-state index contributed by atoms with van der Waals surface area (Å²) >= 11 is 0. The summed E-state index contributed by atoms with van der Waals surface area (Å²) < 4.78 is 33.8. The van der Waals surface area contributed by atoms with Gasteiger partial charge in [0.05, 0.1) is 19.3 Å². The smallest absolute Gasteiger partial charge is 0.343 e. The monoisotopic (exact) mass is 325 g/mol. The van der Waals surface area contributed by atoms with Gasteiger partial charge in [0.2, 0.25) is 0 Å². The Bertz CT molecular complexity index is 733. The van der Waals surface area contributed by atoms with Crippen molar-refractivity contribution in [3.63, 3.8) is 0 Å². The zero-order valence-electron chi connectivity index (χ0n) is 12.6. The van der Waals surface area contributed by atoms with Crippen LogP contribution < -0.4 is 10.6 Å². The highest BCUT2D eigenvalue weighted by molar-refractivity contribution is 5.95. The van der Waals surface area contributed by atoms with E-state index in [4.69, 9.17) is 10.5 Å². The van der Waals surface area contributed by atoms with Crippen molar-refractivity contribution in [2.75, 3.05) is 24.6 Å². The number of aromatic nitrogens is 3. The molecule has 23 heavy (non-hydrogen) atoms. The number of alkyl halides is 2. The minimum absolute atomic E-state index is 0.196. The molecule has 1 fully saturated rings. The topological polar surface area (TPSA) is 85.8 Å². The highest BCUT2D eigenvalue weighted by Gasteiger charge is 2.39. The predicted molar refractivity (Wildman–Crippen MR) is 78.7 cm³/mol. The summed E-state index contributed by atoms with van der Waals surface area (Å²) in [5, 5.41) is 4.01. The zero-order valence-corrected chi connectivity index (χ0v) is 12.6. The molecule has 0 radical (unpaired) electrons. The first kappa shape index (κ1) is 15.6. The molecular weight excluding hydrogens is 308 g/mol. The average Bonchev–Trinajstić information content (AvgIpc) is 2.88.